The van der Waals surface area contributed by atoms with Crippen molar-refractivity contribution in [2.24, 2.45) is 5.73 Å². The van der Waals surface area contributed by atoms with Crippen molar-refractivity contribution >= 4 is 5.91 Å². The van der Waals surface area contributed by atoms with Crippen LogP contribution in [0.4, 0.5) is 0 Å². The van der Waals surface area contributed by atoms with Crippen LogP contribution < -0.4 is 15.2 Å². The third kappa shape index (κ3) is 3.22. The second-order valence-electron chi connectivity index (χ2n) is 5.00. The van der Waals surface area contributed by atoms with Gasteiger partial charge in [-0.3, -0.25) is 4.79 Å². The van der Waals surface area contributed by atoms with Crippen LogP contribution in [0.2, 0.25) is 0 Å². The maximum atomic E-state index is 11.5. The fourth-order valence-electron chi connectivity index (χ4n) is 2.25. The minimum Gasteiger partial charge on any atom is -0.493 e. The highest BCUT2D eigenvalue weighted by atomic mass is 16.5. The monoisotopic (exact) mass is 324 g/mol. The molecular weight excluding hydrogens is 308 g/mol. The molecule has 24 heavy (non-hydrogen) atoms. The van der Waals surface area contributed by atoms with E-state index < -0.39 is 5.91 Å². The first-order valence-electron chi connectivity index (χ1n) is 7.28. The highest BCUT2D eigenvalue weighted by Gasteiger charge is 2.16. The molecule has 0 saturated carbocycles. The summed E-state index contributed by atoms with van der Waals surface area (Å²) in [6.45, 7) is 0.122. The maximum absolute atomic E-state index is 11.5. The number of nitrogens with two attached hydrogens (primary N) is 1. The Hall–Kier alpha value is -3.28. The number of hydrogen-bond acceptors (Lipinski definition) is 5. The van der Waals surface area contributed by atoms with Crippen molar-refractivity contribution < 1.29 is 18.7 Å². The predicted molar refractivity (Wildman–Crippen MR) is 87.8 cm³/mol. The van der Waals surface area contributed by atoms with Gasteiger partial charge in [-0.05, 0) is 24.3 Å². The number of methoxy groups -OCH3 is 1. The third-order valence-corrected chi connectivity index (χ3v) is 3.40. The van der Waals surface area contributed by atoms with Crippen LogP contribution in [0.3, 0.4) is 0 Å². The quantitative estimate of drug-likeness (QED) is 0.753. The summed E-state index contributed by atoms with van der Waals surface area (Å²) in [7, 11) is 1.50. The van der Waals surface area contributed by atoms with Gasteiger partial charge in [0.05, 0.1) is 12.7 Å². The SMILES string of the molecule is COc1cccc(C(N)=O)c1OCc1coc(-c2ccccc2)n1. The van der Waals surface area contributed by atoms with Gasteiger partial charge in [-0.15, -0.1) is 0 Å². The number of benzene rings is 2. The zero-order chi connectivity index (χ0) is 16.9. The molecule has 0 fully saturated rings. The summed E-state index contributed by atoms with van der Waals surface area (Å²) < 4.78 is 16.4. The van der Waals surface area contributed by atoms with E-state index in [4.69, 9.17) is 19.6 Å². The van der Waals surface area contributed by atoms with E-state index in [0.717, 1.165) is 5.56 Å². The number of ether oxygens (including phenoxy) is 2. The number of para-hydroxylation sites is 1. The Labute approximate surface area is 138 Å². The number of nitrogens with zero attached hydrogens (tertiary/aromatic N) is 1. The number of aromatic nitrogens is 1. The molecule has 0 aliphatic rings. The van der Waals surface area contributed by atoms with Crippen LogP contribution in [0.15, 0.2) is 59.2 Å². The van der Waals surface area contributed by atoms with Crippen molar-refractivity contribution in [2.75, 3.05) is 7.11 Å². The van der Waals surface area contributed by atoms with Crippen LogP contribution in [0, 0.1) is 0 Å². The second kappa shape index (κ2) is 6.87. The average Bonchev–Trinajstić information content (AvgIpc) is 3.09. The van der Waals surface area contributed by atoms with Crippen LogP contribution in [0.1, 0.15) is 16.1 Å². The van der Waals surface area contributed by atoms with Gasteiger partial charge in [0.2, 0.25) is 5.89 Å². The summed E-state index contributed by atoms with van der Waals surface area (Å²) in [6, 6.07) is 14.5. The molecule has 0 aliphatic carbocycles. The largest absolute Gasteiger partial charge is 0.493 e. The lowest BCUT2D eigenvalue weighted by Crippen LogP contribution is -2.13. The van der Waals surface area contributed by atoms with Gasteiger partial charge in [0.25, 0.3) is 5.91 Å². The van der Waals surface area contributed by atoms with E-state index >= 15 is 0 Å². The van der Waals surface area contributed by atoms with Gasteiger partial charge < -0.3 is 19.6 Å². The number of amides is 1. The lowest BCUT2D eigenvalue weighted by atomic mass is 10.2. The Balaban J connectivity index is 1.80. The van der Waals surface area contributed by atoms with E-state index in [0.29, 0.717) is 17.3 Å². The first-order chi connectivity index (χ1) is 11.7. The molecule has 0 bridgehead atoms. The zero-order valence-electron chi connectivity index (χ0n) is 13.1. The lowest BCUT2D eigenvalue weighted by Gasteiger charge is -2.12. The van der Waals surface area contributed by atoms with Gasteiger partial charge in [-0.25, -0.2) is 4.98 Å². The summed E-state index contributed by atoms with van der Waals surface area (Å²) >= 11 is 0. The molecular formula is C18H16N2O4. The molecule has 2 aromatic carbocycles. The Bertz CT molecular complexity index is 843. The maximum Gasteiger partial charge on any atom is 0.252 e. The van der Waals surface area contributed by atoms with Crippen molar-refractivity contribution in [3.8, 4) is 23.0 Å². The van der Waals surface area contributed by atoms with Gasteiger partial charge in [-0.2, -0.15) is 0 Å². The van der Waals surface area contributed by atoms with Gasteiger partial charge in [0.1, 0.15) is 18.6 Å². The number of oxazole rings is 1. The molecule has 3 aromatic rings. The van der Waals surface area contributed by atoms with Gasteiger partial charge in [-0.1, -0.05) is 24.3 Å². The number of primary amides is 1. The van der Waals surface area contributed by atoms with Gasteiger partial charge >= 0.3 is 0 Å². The molecule has 0 atom stereocenters. The second-order valence-corrected chi connectivity index (χ2v) is 5.00. The van der Waals surface area contributed by atoms with Crippen LogP contribution in [-0.2, 0) is 6.61 Å². The molecule has 6 heteroatoms. The molecule has 0 aliphatic heterocycles. The molecule has 1 heterocycles. The number of hydrogen-bond donors (Lipinski definition) is 1. The topological polar surface area (TPSA) is 87.6 Å². The van der Waals surface area contributed by atoms with E-state index in [9.17, 15) is 4.79 Å². The van der Waals surface area contributed by atoms with Gasteiger partial charge in [0.15, 0.2) is 11.5 Å². The molecule has 0 unspecified atom stereocenters. The standard InChI is InChI=1S/C18H16N2O4/c1-22-15-9-5-8-14(17(19)21)16(15)23-10-13-11-24-18(20-13)12-6-3-2-4-7-12/h2-9,11H,10H2,1H3,(H2,19,21). The Morgan fingerprint density at radius 3 is 2.67 bits per heavy atom. The summed E-state index contributed by atoms with van der Waals surface area (Å²) in [5.74, 6) is 0.633. The van der Waals surface area contributed by atoms with Crippen LogP contribution in [-0.4, -0.2) is 18.0 Å². The van der Waals surface area contributed by atoms with Crippen LogP contribution in [0.5, 0.6) is 11.5 Å². The van der Waals surface area contributed by atoms with Crippen molar-refractivity contribution in [1.29, 1.82) is 0 Å². The highest BCUT2D eigenvalue weighted by molar-refractivity contribution is 5.96. The average molecular weight is 324 g/mol. The lowest BCUT2D eigenvalue weighted by molar-refractivity contribution is 0.0995. The summed E-state index contributed by atoms with van der Waals surface area (Å²) in [5, 5.41) is 0. The van der Waals surface area contributed by atoms with Crippen molar-refractivity contribution in [1.82, 2.24) is 4.98 Å². The smallest absolute Gasteiger partial charge is 0.252 e. The Morgan fingerprint density at radius 1 is 1.17 bits per heavy atom. The van der Waals surface area contributed by atoms with Crippen molar-refractivity contribution in [3.63, 3.8) is 0 Å². The Morgan fingerprint density at radius 2 is 1.96 bits per heavy atom. The van der Waals surface area contributed by atoms with Crippen molar-refractivity contribution in [3.05, 3.63) is 66.1 Å². The molecule has 6 nitrogen and oxygen atoms in total. The van der Waals surface area contributed by atoms with Crippen molar-refractivity contribution in [2.45, 2.75) is 6.61 Å². The summed E-state index contributed by atoms with van der Waals surface area (Å²) in [4.78, 5) is 15.9. The van der Waals surface area contributed by atoms with Crippen LogP contribution in [0.25, 0.3) is 11.5 Å². The molecule has 0 radical (unpaired) electrons. The fourth-order valence-corrected chi connectivity index (χ4v) is 2.25. The van der Waals surface area contributed by atoms with E-state index in [1.54, 1.807) is 18.2 Å². The molecule has 0 saturated heterocycles. The third-order valence-electron chi connectivity index (χ3n) is 3.40. The molecule has 2 N–H and O–H groups in total. The number of rotatable bonds is 6. The minimum absolute atomic E-state index is 0.122. The fraction of sp³-hybridized carbons (Fsp3) is 0.111. The normalized spacial score (nSPS) is 10.4. The van der Waals surface area contributed by atoms with E-state index in [-0.39, 0.29) is 17.9 Å². The minimum atomic E-state index is -0.589. The molecule has 1 aromatic heterocycles. The molecule has 1 amide bonds. The highest BCUT2D eigenvalue weighted by Crippen LogP contribution is 2.31. The van der Waals surface area contributed by atoms with Gasteiger partial charge in [0, 0.05) is 5.56 Å². The predicted octanol–water partition coefficient (Wildman–Crippen LogP) is 3.03. The number of carbonyl (C=O) groups excluding carboxylic acids is 1. The number of carbonyl (C=O) groups is 1. The Kier molecular flexibility index (Phi) is 4.47. The van der Waals surface area contributed by atoms with E-state index in [1.807, 2.05) is 30.3 Å². The molecule has 122 valence electrons. The summed E-state index contributed by atoms with van der Waals surface area (Å²) in [6.07, 6.45) is 1.52. The first kappa shape index (κ1) is 15.6. The van der Waals surface area contributed by atoms with E-state index in [2.05, 4.69) is 4.98 Å². The first-order valence-corrected chi connectivity index (χ1v) is 7.28. The summed E-state index contributed by atoms with van der Waals surface area (Å²) in [5.41, 5.74) is 7.10. The molecule has 0 spiro atoms. The zero-order valence-corrected chi connectivity index (χ0v) is 13.1. The molecule has 3 rings (SSSR count). The van der Waals surface area contributed by atoms with Crippen LogP contribution >= 0.6 is 0 Å². The van der Waals surface area contributed by atoms with E-state index in [1.165, 1.54) is 13.4 Å².